The van der Waals surface area contributed by atoms with Crippen molar-refractivity contribution in [2.24, 2.45) is 0 Å². The van der Waals surface area contributed by atoms with E-state index in [0.29, 0.717) is 12.5 Å². The maximum atomic E-state index is 11.2. The number of carbonyl (C=O) groups is 1. The summed E-state index contributed by atoms with van der Waals surface area (Å²) in [6.07, 6.45) is 2.87. The molecule has 1 unspecified atom stereocenters. The Morgan fingerprint density at radius 3 is 2.86 bits per heavy atom. The zero-order valence-electron chi connectivity index (χ0n) is 11.5. The number of hydrogen-bond donors (Lipinski definition) is 0. The first-order valence-electron chi connectivity index (χ1n) is 7.11. The molecule has 0 saturated heterocycles. The minimum atomic E-state index is 0.330. The van der Waals surface area contributed by atoms with Crippen molar-refractivity contribution in [1.82, 2.24) is 4.57 Å². The molecular formula is C18H15NO2. The van der Waals surface area contributed by atoms with Crippen molar-refractivity contribution in [3.63, 3.8) is 0 Å². The summed E-state index contributed by atoms with van der Waals surface area (Å²) in [4.78, 5) is 11.2. The molecule has 0 aliphatic carbocycles. The zero-order chi connectivity index (χ0) is 14.2. The number of carbonyl (C=O) groups excluding carboxylic acids is 1. The van der Waals surface area contributed by atoms with Gasteiger partial charge in [0.2, 0.25) is 0 Å². The Labute approximate surface area is 122 Å². The average molecular weight is 277 g/mol. The lowest BCUT2D eigenvalue weighted by Crippen LogP contribution is -2.09. The number of aromatic nitrogens is 1. The Bertz CT molecular complexity index is 819. The van der Waals surface area contributed by atoms with Crippen LogP contribution in [0.4, 0.5) is 0 Å². The molecule has 0 saturated carbocycles. The third-order valence-corrected chi connectivity index (χ3v) is 4.16. The molecule has 104 valence electrons. The van der Waals surface area contributed by atoms with Crippen molar-refractivity contribution in [2.75, 3.05) is 6.61 Å². The van der Waals surface area contributed by atoms with Crippen molar-refractivity contribution in [3.05, 3.63) is 65.9 Å². The van der Waals surface area contributed by atoms with E-state index in [4.69, 9.17) is 4.74 Å². The van der Waals surface area contributed by atoms with Crippen LogP contribution in [-0.2, 0) is 6.54 Å². The fourth-order valence-electron chi connectivity index (χ4n) is 3.14. The zero-order valence-corrected chi connectivity index (χ0v) is 11.5. The van der Waals surface area contributed by atoms with Crippen molar-refractivity contribution in [1.29, 1.82) is 0 Å². The van der Waals surface area contributed by atoms with Gasteiger partial charge in [-0.1, -0.05) is 36.4 Å². The average Bonchev–Trinajstić information content (AvgIpc) is 3.10. The first-order valence-corrected chi connectivity index (χ1v) is 7.11. The standard InChI is InChI=1S/C18H15NO2/c20-11-13-9-19(17-7-3-1-5-15(13)17)10-14-12-21-18-8-4-2-6-16(14)18/h1-9,11,14H,10,12H2. The molecule has 0 N–H and O–H groups in total. The number of rotatable bonds is 3. The van der Waals surface area contributed by atoms with E-state index in [1.807, 2.05) is 42.6 Å². The van der Waals surface area contributed by atoms with E-state index < -0.39 is 0 Å². The third kappa shape index (κ3) is 1.93. The molecule has 3 heteroatoms. The first-order chi connectivity index (χ1) is 10.4. The third-order valence-electron chi connectivity index (χ3n) is 4.16. The van der Waals surface area contributed by atoms with Gasteiger partial charge in [0.25, 0.3) is 0 Å². The van der Waals surface area contributed by atoms with Crippen LogP contribution in [0.1, 0.15) is 21.8 Å². The highest BCUT2D eigenvalue weighted by molar-refractivity contribution is 5.97. The summed E-state index contributed by atoms with van der Waals surface area (Å²) in [5.41, 5.74) is 3.10. The van der Waals surface area contributed by atoms with Gasteiger partial charge < -0.3 is 9.30 Å². The molecular weight excluding hydrogens is 262 g/mol. The molecule has 1 aromatic heterocycles. The fourth-order valence-corrected chi connectivity index (χ4v) is 3.14. The van der Waals surface area contributed by atoms with Crippen molar-refractivity contribution >= 4 is 17.2 Å². The summed E-state index contributed by atoms with van der Waals surface area (Å²) >= 11 is 0. The SMILES string of the molecule is O=Cc1cn(CC2COc3ccccc32)c2ccccc12. The maximum Gasteiger partial charge on any atom is 0.152 e. The molecule has 2 aromatic carbocycles. The number of para-hydroxylation sites is 2. The predicted molar refractivity (Wildman–Crippen MR) is 82.0 cm³/mol. The van der Waals surface area contributed by atoms with Gasteiger partial charge in [0.1, 0.15) is 5.75 Å². The molecule has 1 atom stereocenters. The molecule has 4 rings (SSSR count). The summed E-state index contributed by atoms with van der Waals surface area (Å²) < 4.78 is 7.91. The minimum absolute atomic E-state index is 0.330. The number of nitrogens with zero attached hydrogens (tertiary/aromatic N) is 1. The predicted octanol–water partition coefficient (Wildman–Crippen LogP) is 3.63. The smallest absolute Gasteiger partial charge is 0.152 e. The second kappa shape index (κ2) is 4.77. The van der Waals surface area contributed by atoms with E-state index in [1.165, 1.54) is 5.56 Å². The Morgan fingerprint density at radius 2 is 1.95 bits per heavy atom. The molecule has 1 aliphatic heterocycles. The van der Waals surface area contributed by atoms with Crippen molar-refractivity contribution in [2.45, 2.75) is 12.5 Å². The van der Waals surface area contributed by atoms with Crippen LogP contribution < -0.4 is 4.74 Å². The summed E-state index contributed by atoms with van der Waals surface area (Å²) in [5, 5.41) is 1.01. The Morgan fingerprint density at radius 1 is 1.14 bits per heavy atom. The van der Waals surface area contributed by atoms with Gasteiger partial charge >= 0.3 is 0 Å². The van der Waals surface area contributed by atoms with Gasteiger partial charge in [-0.3, -0.25) is 4.79 Å². The van der Waals surface area contributed by atoms with Gasteiger partial charge in [0.15, 0.2) is 6.29 Å². The molecule has 1 aliphatic rings. The molecule has 0 fully saturated rings. The Balaban J connectivity index is 1.74. The number of hydrogen-bond acceptors (Lipinski definition) is 2. The van der Waals surface area contributed by atoms with Crippen LogP contribution in [0.25, 0.3) is 10.9 Å². The largest absolute Gasteiger partial charge is 0.493 e. The van der Waals surface area contributed by atoms with Crippen LogP contribution >= 0.6 is 0 Å². The van der Waals surface area contributed by atoms with E-state index >= 15 is 0 Å². The van der Waals surface area contributed by atoms with Crippen LogP contribution in [0.3, 0.4) is 0 Å². The summed E-state index contributed by atoms with van der Waals surface area (Å²) in [6, 6.07) is 16.2. The maximum absolute atomic E-state index is 11.2. The van der Waals surface area contributed by atoms with Gasteiger partial charge in [0, 0.05) is 40.7 Å². The monoisotopic (exact) mass is 277 g/mol. The summed E-state index contributed by atoms with van der Waals surface area (Å²) in [7, 11) is 0. The number of aldehydes is 1. The molecule has 3 nitrogen and oxygen atoms in total. The van der Waals surface area contributed by atoms with Gasteiger partial charge in [-0.15, -0.1) is 0 Å². The topological polar surface area (TPSA) is 31.2 Å². The quantitative estimate of drug-likeness (QED) is 0.684. The van der Waals surface area contributed by atoms with Crippen LogP contribution in [0, 0.1) is 0 Å². The normalized spacial score (nSPS) is 16.7. The molecule has 0 spiro atoms. The van der Waals surface area contributed by atoms with Crippen LogP contribution in [0.2, 0.25) is 0 Å². The first kappa shape index (κ1) is 12.2. The lowest BCUT2D eigenvalue weighted by Gasteiger charge is -2.11. The van der Waals surface area contributed by atoms with Gasteiger partial charge in [-0.25, -0.2) is 0 Å². The highest BCUT2D eigenvalue weighted by Gasteiger charge is 2.24. The summed E-state index contributed by atoms with van der Waals surface area (Å²) in [5.74, 6) is 1.31. The highest BCUT2D eigenvalue weighted by atomic mass is 16.5. The van der Waals surface area contributed by atoms with E-state index in [2.05, 4.69) is 16.7 Å². The lowest BCUT2D eigenvalue weighted by molar-refractivity contribution is 0.112. The van der Waals surface area contributed by atoms with E-state index in [-0.39, 0.29) is 0 Å². The van der Waals surface area contributed by atoms with E-state index in [1.54, 1.807) is 0 Å². The minimum Gasteiger partial charge on any atom is -0.493 e. The number of fused-ring (bicyclic) bond motifs is 2. The molecule has 2 heterocycles. The van der Waals surface area contributed by atoms with E-state index in [9.17, 15) is 4.79 Å². The van der Waals surface area contributed by atoms with Crippen LogP contribution in [0.15, 0.2) is 54.7 Å². The molecule has 0 bridgehead atoms. The fraction of sp³-hybridized carbons (Fsp3) is 0.167. The van der Waals surface area contributed by atoms with Crippen molar-refractivity contribution < 1.29 is 9.53 Å². The molecule has 3 aromatic rings. The number of benzene rings is 2. The van der Waals surface area contributed by atoms with Crippen LogP contribution in [0.5, 0.6) is 5.75 Å². The molecule has 21 heavy (non-hydrogen) atoms. The van der Waals surface area contributed by atoms with Gasteiger partial charge in [-0.2, -0.15) is 0 Å². The number of ether oxygens (including phenoxy) is 1. The second-order valence-electron chi connectivity index (χ2n) is 5.42. The Hall–Kier alpha value is -2.55. The highest BCUT2D eigenvalue weighted by Crippen LogP contribution is 2.35. The molecule has 0 radical (unpaired) electrons. The van der Waals surface area contributed by atoms with E-state index in [0.717, 1.165) is 35.0 Å². The van der Waals surface area contributed by atoms with Crippen molar-refractivity contribution in [3.8, 4) is 5.75 Å². The second-order valence-corrected chi connectivity index (χ2v) is 5.42. The van der Waals surface area contributed by atoms with Gasteiger partial charge in [-0.05, 0) is 12.1 Å². The van der Waals surface area contributed by atoms with Crippen LogP contribution in [-0.4, -0.2) is 17.5 Å². The lowest BCUT2D eigenvalue weighted by atomic mass is 10.0. The molecule has 0 amide bonds. The summed E-state index contributed by atoms with van der Waals surface area (Å²) in [6.45, 7) is 1.52. The Kier molecular flexibility index (Phi) is 2.78. The van der Waals surface area contributed by atoms with Gasteiger partial charge in [0.05, 0.1) is 6.61 Å².